The first kappa shape index (κ1) is 14.3. The number of para-hydroxylation sites is 1. The number of nitrogens with zero attached hydrogens (tertiary/aromatic N) is 1. The number of hydrogen-bond donors (Lipinski definition) is 1. The quantitative estimate of drug-likeness (QED) is 0.648. The predicted octanol–water partition coefficient (Wildman–Crippen LogP) is 3.25. The van der Waals surface area contributed by atoms with E-state index in [1.807, 2.05) is 32.2 Å². The largest absolute Gasteiger partial charge is 0.464 e. The van der Waals surface area contributed by atoms with Gasteiger partial charge in [-0.25, -0.2) is 0 Å². The molecular formula is C15H18N2O3. The van der Waals surface area contributed by atoms with Crippen LogP contribution in [0, 0.1) is 10.1 Å². The Balaban J connectivity index is 2.24. The number of likely N-dealkylation sites (N-methyl/N-ethyl adjacent to an activating group) is 1. The van der Waals surface area contributed by atoms with Gasteiger partial charge in [0.25, 0.3) is 5.69 Å². The molecule has 2 aromatic rings. The highest BCUT2D eigenvalue weighted by atomic mass is 16.6. The van der Waals surface area contributed by atoms with Crippen LogP contribution in [0.3, 0.4) is 0 Å². The zero-order valence-electron chi connectivity index (χ0n) is 11.6. The number of aryl methyl sites for hydroxylation is 1. The first-order valence-corrected chi connectivity index (χ1v) is 6.63. The maximum Gasteiger partial charge on any atom is 0.272 e. The lowest BCUT2D eigenvalue weighted by Crippen LogP contribution is -2.18. The van der Waals surface area contributed by atoms with Crippen molar-refractivity contribution in [2.75, 3.05) is 7.05 Å². The van der Waals surface area contributed by atoms with Gasteiger partial charge in [0.1, 0.15) is 11.5 Å². The minimum Gasteiger partial charge on any atom is -0.464 e. The van der Waals surface area contributed by atoms with Crippen LogP contribution < -0.4 is 5.32 Å². The number of nitro groups is 1. The summed E-state index contributed by atoms with van der Waals surface area (Å²) in [5.41, 5.74) is 0.848. The van der Waals surface area contributed by atoms with Crippen molar-refractivity contribution in [3.63, 3.8) is 0 Å². The number of furan rings is 1. The third kappa shape index (κ3) is 3.05. The van der Waals surface area contributed by atoms with Gasteiger partial charge < -0.3 is 9.73 Å². The van der Waals surface area contributed by atoms with E-state index in [4.69, 9.17) is 4.42 Å². The molecule has 0 amide bonds. The van der Waals surface area contributed by atoms with Crippen LogP contribution in [0.15, 0.2) is 40.8 Å². The third-order valence-corrected chi connectivity index (χ3v) is 3.34. The SMILES string of the molecule is CCc1ccc(C(Cc2ccccc2[N+](=O)[O-])NC)o1. The third-order valence-electron chi connectivity index (χ3n) is 3.34. The summed E-state index contributed by atoms with van der Waals surface area (Å²) in [6.07, 6.45) is 1.35. The molecule has 1 atom stereocenters. The lowest BCUT2D eigenvalue weighted by molar-refractivity contribution is -0.385. The summed E-state index contributed by atoms with van der Waals surface area (Å²) in [4.78, 5) is 10.7. The number of rotatable bonds is 6. The molecule has 0 aliphatic rings. The molecular weight excluding hydrogens is 256 g/mol. The average Bonchev–Trinajstić information content (AvgIpc) is 2.93. The van der Waals surface area contributed by atoms with Crippen molar-refractivity contribution in [3.05, 3.63) is 63.6 Å². The van der Waals surface area contributed by atoms with Crippen LogP contribution in [0.5, 0.6) is 0 Å². The Labute approximate surface area is 117 Å². The van der Waals surface area contributed by atoms with Gasteiger partial charge in [-0.1, -0.05) is 25.1 Å². The molecule has 0 saturated carbocycles. The summed E-state index contributed by atoms with van der Waals surface area (Å²) >= 11 is 0. The first-order valence-electron chi connectivity index (χ1n) is 6.63. The second-order valence-electron chi connectivity index (χ2n) is 4.59. The summed E-state index contributed by atoms with van der Waals surface area (Å²) in [5.74, 6) is 1.73. The second kappa shape index (κ2) is 6.34. The van der Waals surface area contributed by atoms with E-state index in [2.05, 4.69) is 5.32 Å². The molecule has 2 rings (SSSR count). The number of nitro benzene ring substituents is 1. The van der Waals surface area contributed by atoms with E-state index < -0.39 is 0 Å². The van der Waals surface area contributed by atoms with Gasteiger partial charge in [0.15, 0.2) is 0 Å². The van der Waals surface area contributed by atoms with Crippen LogP contribution in [0.1, 0.15) is 30.0 Å². The first-order chi connectivity index (χ1) is 9.65. The van der Waals surface area contributed by atoms with Gasteiger partial charge in [0.2, 0.25) is 0 Å². The Morgan fingerprint density at radius 2 is 2.05 bits per heavy atom. The van der Waals surface area contributed by atoms with Crippen molar-refractivity contribution in [1.29, 1.82) is 0 Å². The molecule has 5 nitrogen and oxygen atoms in total. The molecule has 1 N–H and O–H groups in total. The summed E-state index contributed by atoms with van der Waals surface area (Å²) < 4.78 is 5.73. The average molecular weight is 274 g/mol. The molecule has 0 bridgehead atoms. The lowest BCUT2D eigenvalue weighted by atomic mass is 10.0. The fraction of sp³-hybridized carbons (Fsp3) is 0.333. The number of benzene rings is 1. The molecule has 1 aromatic heterocycles. The highest BCUT2D eigenvalue weighted by Gasteiger charge is 2.19. The van der Waals surface area contributed by atoms with Crippen LogP contribution in [-0.4, -0.2) is 12.0 Å². The Kier molecular flexibility index (Phi) is 4.53. The molecule has 5 heteroatoms. The number of hydrogen-bond acceptors (Lipinski definition) is 4. The van der Waals surface area contributed by atoms with Gasteiger partial charge in [-0.05, 0) is 19.2 Å². The zero-order valence-corrected chi connectivity index (χ0v) is 11.6. The number of nitrogens with one attached hydrogen (secondary N) is 1. The van der Waals surface area contributed by atoms with Crippen LogP contribution in [0.2, 0.25) is 0 Å². The molecule has 0 aliphatic heterocycles. The topological polar surface area (TPSA) is 68.3 Å². The minimum absolute atomic E-state index is 0.0728. The van der Waals surface area contributed by atoms with Gasteiger partial charge in [-0.15, -0.1) is 0 Å². The van der Waals surface area contributed by atoms with Crippen molar-refractivity contribution in [1.82, 2.24) is 5.32 Å². The maximum atomic E-state index is 11.0. The van der Waals surface area contributed by atoms with Gasteiger partial charge in [0, 0.05) is 24.5 Å². The summed E-state index contributed by atoms with van der Waals surface area (Å²) in [6.45, 7) is 2.03. The Morgan fingerprint density at radius 3 is 2.65 bits per heavy atom. The van der Waals surface area contributed by atoms with Crippen molar-refractivity contribution in [2.45, 2.75) is 25.8 Å². The maximum absolute atomic E-state index is 11.0. The van der Waals surface area contributed by atoms with E-state index in [1.165, 1.54) is 6.07 Å². The standard InChI is InChI=1S/C15H18N2O3/c1-3-12-8-9-15(20-12)13(16-2)10-11-6-4-5-7-14(11)17(18)19/h4-9,13,16H,3,10H2,1-2H3. The molecule has 106 valence electrons. The minimum atomic E-state index is -0.346. The fourth-order valence-electron chi connectivity index (χ4n) is 2.20. The van der Waals surface area contributed by atoms with Crippen molar-refractivity contribution >= 4 is 5.69 Å². The van der Waals surface area contributed by atoms with Gasteiger partial charge in [-0.2, -0.15) is 0 Å². The van der Waals surface area contributed by atoms with Gasteiger partial charge in [-0.3, -0.25) is 10.1 Å². The normalized spacial score (nSPS) is 12.3. The molecule has 0 aliphatic carbocycles. The highest BCUT2D eigenvalue weighted by molar-refractivity contribution is 5.40. The molecule has 1 heterocycles. The van der Waals surface area contributed by atoms with Crippen LogP contribution in [0.4, 0.5) is 5.69 Å². The lowest BCUT2D eigenvalue weighted by Gasteiger charge is -2.13. The predicted molar refractivity (Wildman–Crippen MR) is 76.7 cm³/mol. The fourth-order valence-corrected chi connectivity index (χ4v) is 2.20. The van der Waals surface area contributed by atoms with E-state index in [0.29, 0.717) is 12.0 Å². The molecule has 0 fully saturated rings. The molecule has 1 unspecified atom stereocenters. The smallest absolute Gasteiger partial charge is 0.272 e. The van der Waals surface area contributed by atoms with E-state index in [0.717, 1.165) is 17.9 Å². The molecule has 1 aromatic carbocycles. The van der Waals surface area contributed by atoms with E-state index in [-0.39, 0.29) is 16.7 Å². The summed E-state index contributed by atoms with van der Waals surface area (Å²) in [6, 6.07) is 10.6. The molecule has 0 saturated heterocycles. The van der Waals surface area contributed by atoms with E-state index >= 15 is 0 Å². The second-order valence-corrected chi connectivity index (χ2v) is 4.59. The highest BCUT2D eigenvalue weighted by Crippen LogP contribution is 2.26. The van der Waals surface area contributed by atoms with Crippen LogP contribution in [0.25, 0.3) is 0 Å². The Morgan fingerprint density at radius 1 is 1.30 bits per heavy atom. The molecule has 20 heavy (non-hydrogen) atoms. The zero-order chi connectivity index (χ0) is 14.5. The van der Waals surface area contributed by atoms with E-state index in [1.54, 1.807) is 12.1 Å². The van der Waals surface area contributed by atoms with Crippen molar-refractivity contribution < 1.29 is 9.34 Å². The van der Waals surface area contributed by atoms with Crippen molar-refractivity contribution in [3.8, 4) is 0 Å². The summed E-state index contributed by atoms with van der Waals surface area (Å²) in [5, 5.41) is 14.2. The van der Waals surface area contributed by atoms with Crippen molar-refractivity contribution in [2.24, 2.45) is 0 Å². The van der Waals surface area contributed by atoms with Crippen LogP contribution >= 0.6 is 0 Å². The van der Waals surface area contributed by atoms with Gasteiger partial charge in [0.05, 0.1) is 11.0 Å². The van der Waals surface area contributed by atoms with Gasteiger partial charge >= 0.3 is 0 Å². The molecule has 0 spiro atoms. The molecule has 0 radical (unpaired) electrons. The Hall–Kier alpha value is -2.14. The van der Waals surface area contributed by atoms with E-state index in [9.17, 15) is 10.1 Å². The van der Waals surface area contributed by atoms with Crippen LogP contribution in [-0.2, 0) is 12.8 Å². The monoisotopic (exact) mass is 274 g/mol. The summed E-state index contributed by atoms with van der Waals surface area (Å²) in [7, 11) is 1.83. The Bertz CT molecular complexity index is 592.